The Labute approximate surface area is 236 Å². The lowest BCUT2D eigenvalue weighted by molar-refractivity contribution is -0.119. The Morgan fingerprint density at radius 3 is 2.56 bits per heavy atom. The predicted octanol–water partition coefficient (Wildman–Crippen LogP) is 8.59. The van der Waals surface area contributed by atoms with Crippen LogP contribution in [0.4, 0.5) is 5.13 Å². The van der Waals surface area contributed by atoms with Crippen molar-refractivity contribution >= 4 is 22.3 Å². The van der Waals surface area contributed by atoms with E-state index in [1.54, 1.807) is 11.3 Å². The first-order valence-corrected chi connectivity index (χ1v) is 15.1. The summed E-state index contributed by atoms with van der Waals surface area (Å²) in [6.45, 7) is 6.64. The number of aryl methyl sites for hydroxylation is 1. The normalized spacial score (nSPS) is 14.3. The van der Waals surface area contributed by atoms with E-state index in [0.717, 1.165) is 66.5 Å². The highest BCUT2D eigenvalue weighted by atomic mass is 32.1. The minimum absolute atomic E-state index is 0.377. The third kappa shape index (κ3) is 6.96. The topological polar surface area (TPSA) is 42.4 Å². The molecule has 0 radical (unpaired) electrons. The number of thiazole rings is 1. The van der Waals surface area contributed by atoms with Crippen molar-refractivity contribution < 1.29 is 9.53 Å². The number of nitrogens with zero attached hydrogens (tertiary/aromatic N) is 2. The van der Waals surface area contributed by atoms with Crippen LogP contribution in [0.1, 0.15) is 74.1 Å². The van der Waals surface area contributed by atoms with E-state index in [1.807, 2.05) is 6.07 Å². The van der Waals surface area contributed by atoms with Gasteiger partial charge in [-0.2, -0.15) is 0 Å². The molecule has 39 heavy (non-hydrogen) atoms. The van der Waals surface area contributed by atoms with Crippen LogP contribution in [-0.4, -0.2) is 17.3 Å². The first-order chi connectivity index (χ1) is 19.1. The Kier molecular flexibility index (Phi) is 9.10. The van der Waals surface area contributed by atoms with Crippen LogP contribution in [0, 0.1) is 0 Å². The van der Waals surface area contributed by atoms with Gasteiger partial charge >= 0.3 is 0 Å². The third-order valence-electron chi connectivity index (χ3n) is 7.45. The van der Waals surface area contributed by atoms with Gasteiger partial charge in [-0.3, -0.25) is 4.79 Å². The van der Waals surface area contributed by atoms with Crippen LogP contribution < -0.4 is 9.64 Å². The zero-order chi connectivity index (χ0) is 27.0. The second kappa shape index (κ2) is 13.1. The van der Waals surface area contributed by atoms with Crippen molar-refractivity contribution in [3.05, 3.63) is 100 Å². The van der Waals surface area contributed by atoms with Gasteiger partial charge in [0, 0.05) is 36.9 Å². The average molecular weight is 539 g/mol. The van der Waals surface area contributed by atoms with E-state index in [-0.39, 0.29) is 0 Å². The maximum absolute atomic E-state index is 12.1. The molecule has 1 aromatic heterocycles. The lowest BCUT2D eigenvalue weighted by Gasteiger charge is -2.21. The fraction of sp³-hybridized carbons (Fsp3) is 0.353. The molecule has 202 valence electrons. The maximum atomic E-state index is 12.1. The molecule has 5 heteroatoms. The van der Waals surface area contributed by atoms with Crippen LogP contribution in [0.25, 0.3) is 11.3 Å². The molecular weight excluding hydrogens is 500 g/mol. The number of carbonyl (C=O) groups is 1. The molecule has 1 aliphatic rings. The molecular formula is C34H38N2O2S. The zero-order valence-electron chi connectivity index (χ0n) is 23.1. The van der Waals surface area contributed by atoms with E-state index in [2.05, 4.69) is 90.9 Å². The second-order valence-corrected chi connectivity index (χ2v) is 11.3. The highest BCUT2D eigenvalue weighted by molar-refractivity contribution is 7.14. The number of anilines is 1. The van der Waals surface area contributed by atoms with Gasteiger partial charge in [0.15, 0.2) is 5.13 Å². The van der Waals surface area contributed by atoms with Crippen molar-refractivity contribution in [3.63, 3.8) is 0 Å². The standard InChI is InChI=1S/C34H38N2O2S/c1-3-8-30(37)20-28-15-16-29-21-31(17-18-32(28)29)38-23-26-13-11-25(12-14-26)22-36(19-4-2)34-35-33(24-39-34)27-9-6-5-7-10-27/h5-7,9-14,17-18,21,24,28H,3-4,8,15-16,19-20,22-23H2,1-2H3. The smallest absolute Gasteiger partial charge is 0.186 e. The second-order valence-electron chi connectivity index (χ2n) is 10.5. The van der Waals surface area contributed by atoms with Gasteiger partial charge < -0.3 is 9.64 Å². The summed E-state index contributed by atoms with van der Waals surface area (Å²) < 4.78 is 6.16. The Bertz CT molecular complexity index is 1360. The Morgan fingerprint density at radius 1 is 1.00 bits per heavy atom. The first kappa shape index (κ1) is 27.1. The largest absolute Gasteiger partial charge is 0.489 e. The number of hydrogen-bond acceptors (Lipinski definition) is 5. The molecule has 0 aliphatic heterocycles. The maximum Gasteiger partial charge on any atom is 0.186 e. The van der Waals surface area contributed by atoms with Crippen molar-refractivity contribution in [2.45, 2.75) is 71.4 Å². The molecule has 0 saturated carbocycles. The van der Waals surface area contributed by atoms with Gasteiger partial charge in [-0.15, -0.1) is 11.3 Å². The molecule has 1 heterocycles. The van der Waals surface area contributed by atoms with Crippen molar-refractivity contribution in [3.8, 4) is 17.0 Å². The Morgan fingerprint density at radius 2 is 1.79 bits per heavy atom. The number of fused-ring (bicyclic) bond motifs is 1. The Balaban J connectivity index is 1.17. The van der Waals surface area contributed by atoms with E-state index >= 15 is 0 Å². The summed E-state index contributed by atoms with van der Waals surface area (Å²) in [4.78, 5) is 19.5. The van der Waals surface area contributed by atoms with Gasteiger partial charge in [-0.05, 0) is 66.0 Å². The number of ketones is 1. The summed E-state index contributed by atoms with van der Waals surface area (Å²) in [5.41, 5.74) is 7.30. The predicted molar refractivity (Wildman–Crippen MR) is 162 cm³/mol. The molecule has 1 atom stereocenters. The SMILES string of the molecule is CCCC(=O)CC1CCc2cc(OCc3ccc(CN(CCC)c4nc(-c5ccccc5)cs4)cc3)ccc21. The monoisotopic (exact) mass is 538 g/mol. The molecule has 1 aliphatic carbocycles. The van der Waals surface area contributed by atoms with E-state index in [4.69, 9.17) is 9.72 Å². The minimum atomic E-state index is 0.377. The van der Waals surface area contributed by atoms with Crippen molar-refractivity contribution in [2.24, 2.45) is 0 Å². The Hall–Kier alpha value is -3.44. The van der Waals surface area contributed by atoms with Crippen LogP contribution in [0.5, 0.6) is 5.75 Å². The number of rotatable bonds is 13. The number of aromatic nitrogens is 1. The van der Waals surface area contributed by atoms with Crippen LogP contribution in [0.3, 0.4) is 0 Å². The molecule has 0 saturated heterocycles. The number of ether oxygens (including phenoxy) is 1. The summed E-state index contributed by atoms with van der Waals surface area (Å²) in [6.07, 6.45) is 5.49. The molecule has 0 spiro atoms. The van der Waals surface area contributed by atoms with E-state index in [0.29, 0.717) is 31.1 Å². The molecule has 4 aromatic rings. The number of Topliss-reactive ketones (excluding diaryl/α,β-unsaturated/α-hetero) is 1. The molecule has 1 unspecified atom stereocenters. The summed E-state index contributed by atoms with van der Waals surface area (Å²) >= 11 is 1.71. The van der Waals surface area contributed by atoms with Gasteiger partial charge in [-0.25, -0.2) is 4.98 Å². The highest BCUT2D eigenvalue weighted by Gasteiger charge is 2.24. The number of hydrogen-bond donors (Lipinski definition) is 0. The van der Waals surface area contributed by atoms with Gasteiger partial charge in [-0.1, -0.05) is 74.5 Å². The average Bonchev–Trinajstić information content (AvgIpc) is 3.61. The van der Waals surface area contributed by atoms with E-state index in [9.17, 15) is 4.79 Å². The fourth-order valence-electron chi connectivity index (χ4n) is 5.43. The van der Waals surface area contributed by atoms with Gasteiger partial charge in [0.25, 0.3) is 0 Å². The van der Waals surface area contributed by atoms with Gasteiger partial charge in [0.2, 0.25) is 0 Å². The summed E-state index contributed by atoms with van der Waals surface area (Å²) in [6, 6.07) is 25.5. The third-order valence-corrected chi connectivity index (χ3v) is 8.35. The number of carbonyl (C=O) groups excluding carboxylic acids is 1. The van der Waals surface area contributed by atoms with E-state index < -0.39 is 0 Å². The summed E-state index contributed by atoms with van der Waals surface area (Å²) in [5.74, 6) is 1.67. The summed E-state index contributed by atoms with van der Waals surface area (Å²) in [7, 11) is 0. The lowest BCUT2D eigenvalue weighted by atomic mass is 9.94. The molecule has 3 aromatic carbocycles. The van der Waals surface area contributed by atoms with Crippen molar-refractivity contribution in [1.82, 2.24) is 4.98 Å². The van der Waals surface area contributed by atoms with Gasteiger partial charge in [0.1, 0.15) is 18.1 Å². The fourth-order valence-corrected chi connectivity index (χ4v) is 6.29. The zero-order valence-corrected chi connectivity index (χ0v) is 23.9. The van der Waals surface area contributed by atoms with Gasteiger partial charge in [0.05, 0.1) is 5.69 Å². The molecule has 0 amide bonds. The van der Waals surface area contributed by atoms with Crippen LogP contribution in [0.2, 0.25) is 0 Å². The summed E-state index contributed by atoms with van der Waals surface area (Å²) in [5, 5.41) is 3.22. The lowest BCUT2D eigenvalue weighted by Crippen LogP contribution is -2.23. The molecule has 4 nitrogen and oxygen atoms in total. The molecule has 5 rings (SSSR count). The minimum Gasteiger partial charge on any atom is -0.489 e. The molecule has 0 fully saturated rings. The molecule has 0 bridgehead atoms. The quantitative estimate of drug-likeness (QED) is 0.171. The van der Waals surface area contributed by atoms with Crippen LogP contribution in [0.15, 0.2) is 78.2 Å². The van der Waals surface area contributed by atoms with Crippen molar-refractivity contribution in [1.29, 1.82) is 0 Å². The van der Waals surface area contributed by atoms with E-state index in [1.165, 1.54) is 16.7 Å². The number of benzene rings is 3. The molecule has 0 N–H and O–H groups in total. The van der Waals surface area contributed by atoms with Crippen molar-refractivity contribution in [2.75, 3.05) is 11.4 Å². The first-order valence-electron chi connectivity index (χ1n) is 14.2. The van der Waals surface area contributed by atoms with Crippen LogP contribution >= 0.6 is 11.3 Å². The van der Waals surface area contributed by atoms with Crippen LogP contribution in [-0.2, 0) is 24.4 Å². The highest BCUT2D eigenvalue weighted by Crippen LogP contribution is 2.38.